The number of rotatable bonds is 6. The Labute approximate surface area is 141 Å². The van der Waals surface area contributed by atoms with Crippen LogP contribution in [-0.4, -0.2) is 70.0 Å². The van der Waals surface area contributed by atoms with E-state index in [9.17, 15) is 18.0 Å². The first-order valence-corrected chi connectivity index (χ1v) is 9.51. The summed E-state index contributed by atoms with van der Waals surface area (Å²) in [4.78, 5) is 25.8. The highest BCUT2D eigenvalue weighted by Gasteiger charge is 2.33. The molecular formula is C16H22N2O5S. The molecule has 1 fully saturated rings. The molecule has 0 aromatic heterocycles. The second-order valence-corrected chi connectivity index (χ2v) is 8.03. The standard InChI is InChI=1S/C16H22N2O5S/c1-18(14-7-10-24(21,22)11-14)16(20)13-5-3-12(4-6-13)15(19)17-8-9-23-2/h3-6,14H,7-11H2,1-2H3,(H,17,19). The van der Waals surface area contributed by atoms with Crippen molar-refractivity contribution in [2.45, 2.75) is 12.5 Å². The van der Waals surface area contributed by atoms with E-state index in [1.54, 1.807) is 38.4 Å². The van der Waals surface area contributed by atoms with Gasteiger partial charge in [-0.25, -0.2) is 8.42 Å². The Morgan fingerprint density at radius 2 is 1.88 bits per heavy atom. The molecule has 1 aromatic carbocycles. The van der Waals surface area contributed by atoms with Gasteiger partial charge in [0.05, 0.1) is 18.1 Å². The van der Waals surface area contributed by atoms with E-state index in [-0.39, 0.29) is 29.4 Å². The van der Waals surface area contributed by atoms with Crippen molar-refractivity contribution in [2.24, 2.45) is 0 Å². The van der Waals surface area contributed by atoms with E-state index in [1.807, 2.05) is 0 Å². The van der Waals surface area contributed by atoms with Crippen LogP contribution in [0.2, 0.25) is 0 Å². The number of carbonyl (C=O) groups is 2. The molecule has 1 aromatic rings. The van der Waals surface area contributed by atoms with Crippen LogP contribution in [0.25, 0.3) is 0 Å². The van der Waals surface area contributed by atoms with Crippen molar-refractivity contribution in [1.82, 2.24) is 10.2 Å². The SMILES string of the molecule is COCCNC(=O)c1ccc(C(=O)N(C)C2CCS(=O)(=O)C2)cc1. The molecule has 1 heterocycles. The Bertz CT molecular complexity index is 700. The molecule has 0 radical (unpaired) electrons. The highest BCUT2D eigenvalue weighted by molar-refractivity contribution is 7.91. The number of amides is 2. The first-order valence-electron chi connectivity index (χ1n) is 7.69. The normalized spacial score (nSPS) is 19.0. The summed E-state index contributed by atoms with van der Waals surface area (Å²) in [6.45, 7) is 0.840. The van der Waals surface area contributed by atoms with Crippen molar-refractivity contribution in [3.63, 3.8) is 0 Å². The number of nitrogens with zero attached hydrogens (tertiary/aromatic N) is 1. The molecule has 132 valence electrons. The molecule has 1 aliphatic rings. The molecule has 2 rings (SSSR count). The zero-order valence-electron chi connectivity index (χ0n) is 13.8. The fourth-order valence-electron chi connectivity index (χ4n) is 2.58. The number of methoxy groups -OCH3 is 1. The fraction of sp³-hybridized carbons (Fsp3) is 0.500. The summed E-state index contributed by atoms with van der Waals surface area (Å²) in [5.74, 6) is -0.352. The Kier molecular flexibility index (Phi) is 5.95. The largest absolute Gasteiger partial charge is 0.383 e. The molecule has 1 atom stereocenters. The number of benzene rings is 1. The van der Waals surface area contributed by atoms with Gasteiger partial charge in [-0.3, -0.25) is 9.59 Å². The minimum Gasteiger partial charge on any atom is -0.383 e. The van der Waals surface area contributed by atoms with Crippen molar-refractivity contribution < 1.29 is 22.7 Å². The zero-order chi connectivity index (χ0) is 17.7. The molecule has 0 spiro atoms. The molecule has 1 aliphatic heterocycles. The Morgan fingerprint density at radius 3 is 2.42 bits per heavy atom. The van der Waals surface area contributed by atoms with Gasteiger partial charge < -0.3 is 15.0 Å². The Hall–Kier alpha value is -1.93. The van der Waals surface area contributed by atoms with Crippen LogP contribution in [0.3, 0.4) is 0 Å². The van der Waals surface area contributed by atoms with Gasteiger partial charge in [-0.2, -0.15) is 0 Å². The van der Waals surface area contributed by atoms with Gasteiger partial charge in [0, 0.05) is 37.9 Å². The summed E-state index contributed by atoms with van der Waals surface area (Å²) in [6, 6.07) is 6.02. The smallest absolute Gasteiger partial charge is 0.253 e. The van der Waals surface area contributed by atoms with Crippen molar-refractivity contribution in [3.05, 3.63) is 35.4 Å². The molecule has 24 heavy (non-hydrogen) atoms. The van der Waals surface area contributed by atoms with Crippen LogP contribution in [0.4, 0.5) is 0 Å². The molecule has 1 unspecified atom stereocenters. The third-order valence-electron chi connectivity index (χ3n) is 4.06. The predicted molar refractivity (Wildman–Crippen MR) is 89.8 cm³/mol. The number of carbonyl (C=O) groups excluding carboxylic acids is 2. The Morgan fingerprint density at radius 1 is 1.25 bits per heavy atom. The molecule has 8 heteroatoms. The quantitative estimate of drug-likeness (QED) is 0.743. The van der Waals surface area contributed by atoms with Crippen LogP contribution in [0.15, 0.2) is 24.3 Å². The first kappa shape index (κ1) is 18.4. The highest BCUT2D eigenvalue weighted by atomic mass is 32.2. The third-order valence-corrected chi connectivity index (χ3v) is 5.81. The molecule has 1 saturated heterocycles. The van der Waals surface area contributed by atoms with Crippen LogP contribution in [0, 0.1) is 0 Å². The second kappa shape index (κ2) is 7.76. The van der Waals surface area contributed by atoms with E-state index in [2.05, 4.69) is 5.32 Å². The van der Waals surface area contributed by atoms with Gasteiger partial charge in [0.25, 0.3) is 11.8 Å². The molecule has 0 saturated carbocycles. The predicted octanol–water partition coefficient (Wildman–Crippen LogP) is 0.322. The molecule has 0 aliphatic carbocycles. The highest BCUT2D eigenvalue weighted by Crippen LogP contribution is 2.18. The van der Waals surface area contributed by atoms with Gasteiger partial charge in [-0.05, 0) is 30.7 Å². The molecule has 1 N–H and O–H groups in total. The maximum atomic E-state index is 12.4. The van der Waals surface area contributed by atoms with Gasteiger partial charge in [0.1, 0.15) is 0 Å². The zero-order valence-corrected chi connectivity index (χ0v) is 14.6. The van der Waals surface area contributed by atoms with E-state index < -0.39 is 9.84 Å². The lowest BCUT2D eigenvalue weighted by atomic mass is 10.1. The van der Waals surface area contributed by atoms with Gasteiger partial charge in [-0.1, -0.05) is 0 Å². The lowest BCUT2D eigenvalue weighted by Crippen LogP contribution is -2.37. The van der Waals surface area contributed by atoms with Gasteiger partial charge in [0.2, 0.25) is 0 Å². The maximum Gasteiger partial charge on any atom is 0.253 e. The molecule has 7 nitrogen and oxygen atoms in total. The fourth-order valence-corrected chi connectivity index (χ4v) is 4.36. The van der Waals surface area contributed by atoms with Crippen LogP contribution in [0.5, 0.6) is 0 Å². The number of hydrogen-bond acceptors (Lipinski definition) is 5. The second-order valence-electron chi connectivity index (χ2n) is 5.80. The first-order chi connectivity index (χ1) is 11.3. The minimum absolute atomic E-state index is 0.00916. The van der Waals surface area contributed by atoms with Crippen LogP contribution < -0.4 is 5.32 Å². The topological polar surface area (TPSA) is 92.8 Å². The van der Waals surface area contributed by atoms with Gasteiger partial charge >= 0.3 is 0 Å². The average Bonchev–Trinajstić information content (AvgIpc) is 2.93. The summed E-state index contributed by atoms with van der Waals surface area (Å²) in [5.41, 5.74) is 0.879. The molecule has 2 amide bonds. The van der Waals surface area contributed by atoms with E-state index in [0.29, 0.717) is 30.7 Å². The summed E-state index contributed by atoms with van der Waals surface area (Å²) in [5, 5.41) is 2.70. The van der Waals surface area contributed by atoms with Gasteiger partial charge in [-0.15, -0.1) is 0 Å². The number of hydrogen-bond donors (Lipinski definition) is 1. The Balaban J connectivity index is 1.99. The van der Waals surface area contributed by atoms with Crippen molar-refractivity contribution in [3.8, 4) is 0 Å². The lowest BCUT2D eigenvalue weighted by molar-refractivity contribution is 0.0747. The van der Waals surface area contributed by atoms with Crippen LogP contribution >= 0.6 is 0 Å². The summed E-state index contributed by atoms with van der Waals surface area (Å²) < 4.78 is 27.9. The van der Waals surface area contributed by atoms with E-state index >= 15 is 0 Å². The lowest BCUT2D eigenvalue weighted by Gasteiger charge is -2.23. The summed E-state index contributed by atoms with van der Waals surface area (Å²) >= 11 is 0. The number of ether oxygens (including phenoxy) is 1. The van der Waals surface area contributed by atoms with Crippen molar-refractivity contribution in [2.75, 3.05) is 38.8 Å². The summed E-state index contributed by atoms with van der Waals surface area (Å²) in [7, 11) is 0.122. The monoisotopic (exact) mass is 354 g/mol. The van der Waals surface area contributed by atoms with Crippen molar-refractivity contribution >= 4 is 21.7 Å². The third kappa shape index (κ3) is 4.55. The molecule has 0 bridgehead atoms. The molecular weight excluding hydrogens is 332 g/mol. The average molecular weight is 354 g/mol. The van der Waals surface area contributed by atoms with Crippen molar-refractivity contribution in [1.29, 1.82) is 0 Å². The van der Waals surface area contributed by atoms with Crippen LogP contribution in [-0.2, 0) is 14.6 Å². The van der Waals surface area contributed by atoms with Gasteiger partial charge in [0.15, 0.2) is 9.84 Å². The minimum atomic E-state index is -3.04. The van der Waals surface area contributed by atoms with E-state index in [0.717, 1.165) is 0 Å². The number of nitrogens with one attached hydrogen (secondary N) is 1. The maximum absolute atomic E-state index is 12.4. The van der Waals surface area contributed by atoms with Crippen LogP contribution in [0.1, 0.15) is 27.1 Å². The van der Waals surface area contributed by atoms with E-state index in [1.165, 1.54) is 4.90 Å². The number of sulfone groups is 1. The summed E-state index contributed by atoms with van der Waals surface area (Å²) in [6.07, 6.45) is 0.463. The van der Waals surface area contributed by atoms with E-state index in [4.69, 9.17) is 4.74 Å².